The Balaban J connectivity index is 2.11. The van der Waals surface area contributed by atoms with E-state index < -0.39 is 5.97 Å². The molecule has 1 aromatic heterocycles. The second-order valence-corrected chi connectivity index (χ2v) is 7.26. The number of aromatic nitrogens is 1. The van der Waals surface area contributed by atoms with Crippen LogP contribution in [0.5, 0.6) is 0 Å². The molecular weight excluding hydrogens is 314 g/mol. The molecular formula is C21H21NO3. The van der Waals surface area contributed by atoms with Crippen LogP contribution in [0.3, 0.4) is 0 Å². The number of benzene rings is 2. The zero-order chi connectivity index (χ0) is 18.2. The van der Waals surface area contributed by atoms with Crippen molar-refractivity contribution in [1.82, 2.24) is 4.57 Å². The van der Waals surface area contributed by atoms with Gasteiger partial charge < -0.3 is 9.67 Å². The fourth-order valence-corrected chi connectivity index (χ4v) is 2.92. The lowest BCUT2D eigenvalue weighted by molar-refractivity contribution is 0.0695. The summed E-state index contributed by atoms with van der Waals surface area (Å²) in [7, 11) is 0. The molecule has 0 bridgehead atoms. The highest BCUT2D eigenvalue weighted by atomic mass is 16.4. The maximum atomic E-state index is 12.9. The van der Waals surface area contributed by atoms with E-state index in [0.29, 0.717) is 10.9 Å². The van der Waals surface area contributed by atoms with Crippen LogP contribution in [0.2, 0.25) is 0 Å². The Bertz CT molecular complexity index is 1010. The molecule has 0 saturated carbocycles. The van der Waals surface area contributed by atoms with Gasteiger partial charge in [-0.3, -0.25) is 4.79 Å². The number of carbonyl (C=O) groups is 1. The number of rotatable bonds is 3. The fraction of sp³-hybridized carbons (Fsp3) is 0.238. The van der Waals surface area contributed by atoms with Gasteiger partial charge in [0.25, 0.3) is 5.56 Å². The van der Waals surface area contributed by atoms with E-state index in [4.69, 9.17) is 0 Å². The first-order valence-corrected chi connectivity index (χ1v) is 8.22. The molecule has 0 aliphatic heterocycles. The zero-order valence-corrected chi connectivity index (χ0v) is 14.6. The van der Waals surface area contributed by atoms with Crippen molar-refractivity contribution in [3.63, 3.8) is 0 Å². The van der Waals surface area contributed by atoms with E-state index in [9.17, 15) is 14.7 Å². The van der Waals surface area contributed by atoms with Crippen LogP contribution in [0, 0.1) is 0 Å². The Kier molecular flexibility index (Phi) is 4.21. The minimum atomic E-state index is -0.987. The Labute approximate surface area is 146 Å². The number of nitrogens with zero attached hydrogens (tertiary/aromatic N) is 1. The first-order chi connectivity index (χ1) is 11.8. The van der Waals surface area contributed by atoms with Gasteiger partial charge in [-0.05, 0) is 40.1 Å². The van der Waals surface area contributed by atoms with Gasteiger partial charge in [-0.25, -0.2) is 4.79 Å². The Hall–Kier alpha value is -2.88. The summed E-state index contributed by atoms with van der Waals surface area (Å²) in [6.07, 6.45) is 1.72. The third kappa shape index (κ3) is 3.33. The molecule has 0 radical (unpaired) electrons. The van der Waals surface area contributed by atoms with E-state index in [1.54, 1.807) is 35.0 Å². The number of carboxylic acid groups (broad SMARTS) is 1. The number of aromatic carboxylic acids is 1. The second kappa shape index (κ2) is 6.20. The molecule has 3 aromatic rings. The van der Waals surface area contributed by atoms with Crippen LogP contribution < -0.4 is 5.56 Å². The maximum Gasteiger partial charge on any atom is 0.336 e. The number of fused-ring (bicyclic) bond motifs is 1. The van der Waals surface area contributed by atoms with Crippen molar-refractivity contribution in [2.24, 2.45) is 0 Å². The monoisotopic (exact) mass is 335 g/mol. The van der Waals surface area contributed by atoms with Crippen molar-refractivity contribution < 1.29 is 9.90 Å². The van der Waals surface area contributed by atoms with Crippen molar-refractivity contribution in [2.75, 3.05) is 0 Å². The summed E-state index contributed by atoms with van der Waals surface area (Å²) >= 11 is 0. The van der Waals surface area contributed by atoms with Gasteiger partial charge in [0.05, 0.1) is 12.1 Å². The lowest BCUT2D eigenvalue weighted by Crippen LogP contribution is -2.22. The van der Waals surface area contributed by atoms with Gasteiger partial charge in [-0.15, -0.1) is 0 Å². The van der Waals surface area contributed by atoms with Crippen LogP contribution in [0.15, 0.2) is 59.5 Å². The van der Waals surface area contributed by atoms with Gasteiger partial charge in [0, 0.05) is 11.6 Å². The Morgan fingerprint density at radius 2 is 1.80 bits per heavy atom. The van der Waals surface area contributed by atoms with Crippen LogP contribution in [-0.2, 0) is 12.0 Å². The highest BCUT2D eigenvalue weighted by Crippen LogP contribution is 2.24. The molecule has 128 valence electrons. The third-order valence-corrected chi connectivity index (χ3v) is 4.43. The molecule has 1 heterocycles. The summed E-state index contributed by atoms with van der Waals surface area (Å²) in [6, 6.07) is 14.6. The van der Waals surface area contributed by atoms with E-state index in [1.807, 2.05) is 24.3 Å². The second-order valence-electron chi connectivity index (χ2n) is 7.26. The molecule has 0 saturated heterocycles. The van der Waals surface area contributed by atoms with E-state index in [0.717, 1.165) is 10.9 Å². The van der Waals surface area contributed by atoms with Gasteiger partial charge in [0.2, 0.25) is 0 Å². The Morgan fingerprint density at radius 3 is 2.48 bits per heavy atom. The third-order valence-electron chi connectivity index (χ3n) is 4.43. The van der Waals surface area contributed by atoms with Crippen LogP contribution >= 0.6 is 0 Å². The smallest absolute Gasteiger partial charge is 0.336 e. The SMILES string of the molecule is CC(C)(C)c1ccc2ccn(Cc3ccccc3C(=O)O)c(=O)c2c1. The fourth-order valence-electron chi connectivity index (χ4n) is 2.92. The molecule has 25 heavy (non-hydrogen) atoms. The lowest BCUT2D eigenvalue weighted by Gasteiger charge is -2.19. The first-order valence-electron chi connectivity index (χ1n) is 8.22. The summed E-state index contributed by atoms with van der Waals surface area (Å²) in [5, 5.41) is 10.9. The van der Waals surface area contributed by atoms with Crippen molar-refractivity contribution in [1.29, 1.82) is 0 Å². The van der Waals surface area contributed by atoms with Crippen molar-refractivity contribution in [3.05, 3.63) is 81.8 Å². The number of hydrogen-bond donors (Lipinski definition) is 1. The highest BCUT2D eigenvalue weighted by Gasteiger charge is 2.15. The van der Waals surface area contributed by atoms with Crippen LogP contribution in [0.4, 0.5) is 0 Å². The predicted molar refractivity (Wildman–Crippen MR) is 99.4 cm³/mol. The standard InChI is InChI=1S/C21H21NO3/c1-21(2,3)16-9-8-14-10-11-22(19(23)18(14)12-16)13-15-6-4-5-7-17(15)20(24)25/h4-12H,13H2,1-3H3,(H,24,25). The van der Waals surface area contributed by atoms with Crippen molar-refractivity contribution >= 4 is 16.7 Å². The molecule has 4 heteroatoms. The zero-order valence-electron chi connectivity index (χ0n) is 14.6. The van der Waals surface area contributed by atoms with Crippen LogP contribution in [0.25, 0.3) is 10.8 Å². The number of hydrogen-bond acceptors (Lipinski definition) is 2. The molecule has 0 amide bonds. The topological polar surface area (TPSA) is 59.3 Å². The minimum absolute atomic E-state index is 0.0444. The molecule has 2 aromatic carbocycles. The molecule has 0 aliphatic rings. The molecule has 0 atom stereocenters. The van der Waals surface area contributed by atoms with Gasteiger partial charge >= 0.3 is 5.97 Å². The summed E-state index contributed by atoms with van der Waals surface area (Å²) < 4.78 is 1.57. The summed E-state index contributed by atoms with van der Waals surface area (Å²) in [6.45, 7) is 6.56. The molecule has 4 nitrogen and oxygen atoms in total. The molecule has 3 rings (SSSR count). The van der Waals surface area contributed by atoms with Gasteiger partial charge in [0.1, 0.15) is 0 Å². The van der Waals surface area contributed by atoms with Crippen molar-refractivity contribution in [2.45, 2.75) is 32.7 Å². The quantitative estimate of drug-likeness (QED) is 0.785. The van der Waals surface area contributed by atoms with Gasteiger partial charge in [-0.2, -0.15) is 0 Å². The first kappa shape index (κ1) is 17.0. The van der Waals surface area contributed by atoms with Gasteiger partial charge in [-0.1, -0.05) is 51.1 Å². The summed E-state index contributed by atoms with van der Waals surface area (Å²) in [4.78, 5) is 24.3. The normalized spacial score (nSPS) is 11.6. The summed E-state index contributed by atoms with van der Waals surface area (Å²) in [5.41, 5.74) is 1.78. The van der Waals surface area contributed by atoms with Crippen LogP contribution in [0.1, 0.15) is 42.3 Å². The van der Waals surface area contributed by atoms with E-state index in [2.05, 4.69) is 20.8 Å². The molecule has 1 N–H and O–H groups in total. The van der Waals surface area contributed by atoms with E-state index in [-0.39, 0.29) is 23.1 Å². The molecule has 0 fully saturated rings. The van der Waals surface area contributed by atoms with Gasteiger partial charge in [0.15, 0.2) is 0 Å². The molecule has 0 spiro atoms. The van der Waals surface area contributed by atoms with Crippen molar-refractivity contribution in [3.8, 4) is 0 Å². The average molecular weight is 335 g/mol. The number of pyridine rings is 1. The maximum absolute atomic E-state index is 12.9. The lowest BCUT2D eigenvalue weighted by atomic mass is 9.86. The molecule has 0 unspecified atom stereocenters. The van der Waals surface area contributed by atoms with Crippen LogP contribution in [-0.4, -0.2) is 15.6 Å². The highest BCUT2D eigenvalue weighted by molar-refractivity contribution is 5.89. The Morgan fingerprint density at radius 1 is 1.08 bits per heavy atom. The number of carboxylic acids is 1. The van der Waals surface area contributed by atoms with E-state index in [1.165, 1.54) is 0 Å². The average Bonchev–Trinajstić information content (AvgIpc) is 2.56. The minimum Gasteiger partial charge on any atom is -0.478 e. The predicted octanol–water partition coefficient (Wildman–Crippen LogP) is 4.05. The largest absolute Gasteiger partial charge is 0.478 e. The molecule has 0 aliphatic carbocycles. The van der Waals surface area contributed by atoms with E-state index >= 15 is 0 Å². The summed E-state index contributed by atoms with van der Waals surface area (Å²) in [5.74, 6) is -0.987.